The van der Waals surface area contributed by atoms with Crippen molar-refractivity contribution in [3.05, 3.63) is 129 Å². The molecule has 2 heterocycles. The van der Waals surface area contributed by atoms with E-state index in [0.29, 0.717) is 22.6 Å². The summed E-state index contributed by atoms with van der Waals surface area (Å²) in [4.78, 5) is 34.3. The number of anilines is 2. The summed E-state index contributed by atoms with van der Waals surface area (Å²) in [5.41, 5.74) is 4.99. The minimum absolute atomic E-state index is 0.129. The van der Waals surface area contributed by atoms with Crippen molar-refractivity contribution < 1.29 is 14.0 Å². The van der Waals surface area contributed by atoms with Gasteiger partial charge >= 0.3 is 0 Å². The standard InChI is InChI=1S/C36H34ClFN4O2S/c1-25-10-15-29(37)23-32(25)41-20-18-40(19-21-41)17-16-39-35(43)27-13-11-26(12-14-27)22-34-36(44)42(24-28-6-2-3-7-30(28)38)31-8-4-5-9-33(31)45-34/h2-15,22-23H,16-21,24H2,1H3,(H,39,43)/b34-22+. The van der Waals surface area contributed by atoms with Gasteiger partial charge in [-0.25, -0.2) is 4.39 Å². The highest BCUT2D eigenvalue weighted by atomic mass is 35.5. The molecule has 2 aliphatic rings. The minimum atomic E-state index is -0.341. The summed E-state index contributed by atoms with van der Waals surface area (Å²) in [6.07, 6.45) is 1.82. The van der Waals surface area contributed by atoms with Crippen LogP contribution in [-0.2, 0) is 11.3 Å². The molecule has 0 atom stereocenters. The molecule has 0 aliphatic carbocycles. The van der Waals surface area contributed by atoms with Crippen LogP contribution in [0, 0.1) is 12.7 Å². The molecular weight excluding hydrogens is 607 g/mol. The van der Waals surface area contributed by atoms with Crippen LogP contribution in [0.4, 0.5) is 15.8 Å². The van der Waals surface area contributed by atoms with E-state index in [1.807, 2.05) is 54.6 Å². The van der Waals surface area contributed by atoms with Crippen molar-refractivity contribution in [2.45, 2.75) is 18.4 Å². The van der Waals surface area contributed by atoms with Crippen LogP contribution in [0.25, 0.3) is 6.08 Å². The van der Waals surface area contributed by atoms with Crippen LogP contribution >= 0.6 is 23.4 Å². The molecule has 2 aliphatic heterocycles. The van der Waals surface area contributed by atoms with Crippen LogP contribution < -0.4 is 15.1 Å². The van der Waals surface area contributed by atoms with E-state index in [0.717, 1.165) is 53.9 Å². The maximum Gasteiger partial charge on any atom is 0.265 e. The van der Waals surface area contributed by atoms with Gasteiger partial charge in [0.2, 0.25) is 0 Å². The maximum atomic E-state index is 14.5. The average molecular weight is 641 g/mol. The number of carbonyl (C=O) groups excluding carboxylic acids is 2. The third-order valence-electron chi connectivity index (χ3n) is 8.19. The van der Waals surface area contributed by atoms with E-state index in [4.69, 9.17) is 11.6 Å². The summed E-state index contributed by atoms with van der Waals surface area (Å²) in [5.74, 6) is -0.658. The molecule has 1 saturated heterocycles. The lowest BCUT2D eigenvalue weighted by molar-refractivity contribution is -0.114. The lowest BCUT2D eigenvalue weighted by Gasteiger charge is -2.36. The van der Waals surface area contributed by atoms with Crippen molar-refractivity contribution in [2.75, 3.05) is 49.1 Å². The van der Waals surface area contributed by atoms with Crippen LogP contribution in [-0.4, -0.2) is 56.0 Å². The zero-order valence-corrected chi connectivity index (χ0v) is 26.6. The molecule has 9 heteroatoms. The highest BCUT2D eigenvalue weighted by Gasteiger charge is 2.29. The van der Waals surface area contributed by atoms with Crippen molar-refractivity contribution in [3.63, 3.8) is 0 Å². The number of nitrogens with zero attached hydrogens (tertiary/aromatic N) is 3. The van der Waals surface area contributed by atoms with Gasteiger partial charge < -0.3 is 15.1 Å². The van der Waals surface area contributed by atoms with E-state index in [1.54, 1.807) is 35.2 Å². The van der Waals surface area contributed by atoms with Gasteiger partial charge in [-0.3, -0.25) is 14.5 Å². The Morgan fingerprint density at radius 3 is 2.44 bits per heavy atom. The molecule has 45 heavy (non-hydrogen) atoms. The summed E-state index contributed by atoms with van der Waals surface area (Å²) in [6.45, 7) is 7.25. The summed E-state index contributed by atoms with van der Waals surface area (Å²) in [5, 5.41) is 3.79. The zero-order chi connectivity index (χ0) is 31.3. The molecule has 0 unspecified atom stereocenters. The molecule has 0 spiro atoms. The van der Waals surface area contributed by atoms with Crippen molar-refractivity contribution in [2.24, 2.45) is 0 Å². The number of aryl methyl sites for hydroxylation is 1. The van der Waals surface area contributed by atoms with E-state index < -0.39 is 0 Å². The number of piperazine rings is 1. The van der Waals surface area contributed by atoms with Crippen molar-refractivity contribution in [3.8, 4) is 0 Å². The first-order chi connectivity index (χ1) is 21.9. The van der Waals surface area contributed by atoms with Gasteiger partial charge in [0.1, 0.15) is 5.82 Å². The summed E-state index contributed by atoms with van der Waals surface area (Å²) >= 11 is 7.61. The zero-order valence-electron chi connectivity index (χ0n) is 25.0. The Morgan fingerprint density at radius 1 is 0.933 bits per heavy atom. The molecular formula is C36H34ClFN4O2S. The fraction of sp³-hybridized carbons (Fsp3) is 0.222. The second-order valence-corrected chi connectivity index (χ2v) is 12.7. The predicted molar refractivity (Wildman–Crippen MR) is 181 cm³/mol. The number of nitrogens with one attached hydrogen (secondary N) is 1. The molecule has 1 fully saturated rings. The minimum Gasteiger partial charge on any atom is -0.369 e. The van der Waals surface area contributed by atoms with Crippen LogP contribution in [0.5, 0.6) is 0 Å². The van der Waals surface area contributed by atoms with Crippen LogP contribution in [0.1, 0.15) is 27.0 Å². The molecule has 0 aromatic heterocycles. The first-order valence-electron chi connectivity index (χ1n) is 15.0. The lowest BCUT2D eigenvalue weighted by Crippen LogP contribution is -2.48. The molecule has 4 aromatic carbocycles. The molecule has 1 N–H and O–H groups in total. The number of para-hydroxylation sites is 1. The second kappa shape index (κ2) is 13.9. The van der Waals surface area contributed by atoms with Gasteiger partial charge in [0.05, 0.1) is 17.1 Å². The number of hydrogen-bond acceptors (Lipinski definition) is 5. The molecule has 0 bridgehead atoms. The predicted octanol–water partition coefficient (Wildman–Crippen LogP) is 7.02. The molecule has 4 aromatic rings. The number of carbonyl (C=O) groups is 2. The van der Waals surface area contributed by atoms with E-state index in [1.165, 1.54) is 29.1 Å². The average Bonchev–Trinajstić information content (AvgIpc) is 3.05. The van der Waals surface area contributed by atoms with E-state index in [9.17, 15) is 14.0 Å². The molecule has 6 rings (SSSR count). The van der Waals surface area contributed by atoms with E-state index >= 15 is 0 Å². The first-order valence-corrected chi connectivity index (χ1v) is 16.2. The molecule has 2 amide bonds. The fourth-order valence-electron chi connectivity index (χ4n) is 5.66. The summed E-state index contributed by atoms with van der Waals surface area (Å²) in [6, 6.07) is 27.4. The number of amides is 2. The van der Waals surface area contributed by atoms with Gasteiger partial charge in [0.15, 0.2) is 0 Å². The van der Waals surface area contributed by atoms with Gasteiger partial charge in [-0.15, -0.1) is 0 Å². The first kappa shape index (κ1) is 30.9. The highest BCUT2D eigenvalue weighted by molar-refractivity contribution is 8.04. The Hall–Kier alpha value is -4.11. The van der Waals surface area contributed by atoms with E-state index in [-0.39, 0.29) is 24.2 Å². The van der Waals surface area contributed by atoms with Gasteiger partial charge in [-0.2, -0.15) is 0 Å². The normalized spacial score (nSPS) is 16.2. The fourth-order valence-corrected chi connectivity index (χ4v) is 6.89. The number of hydrogen-bond donors (Lipinski definition) is 1. The van der Waals surface area contributed by atoms with Gasteiger partial charge in [-0.05, 0) is 66.6 Å². The Morgan fingerprint density at radius 2 is 1.67 bits per heavy atom. The molecule has 230 valence electrons. The smallest absolute Gasteiger partial charge is 0.265 e. The van der Waals surface area contributed by atoms with Crippen LogP contribution in [0.15, 0.2) is 101 Å². The monoisotopic (exact) mass is 640 g/mol. The third-order valence-corrected chi connectivity index (χ3v) is 9.50. The van der Waals surface area contributed by atoms with E-state index in [2.05, 4.69) is 28.1 Å². The number of fused-ring (bicyclic) bond motifs is 1. The van der Waals surface area contributed by atoms with Gasteiger partial charge in [0, 0.05) is 66.0 Å². The third kappa shape index (κ3) is 7.25. The molecule has 0 saturated carbocycles. The van der Waals surface area contributed by atoms with Gasteiger partial charge in [-0.1, -0.05) is 71.9 Å². The summed E-state index contributed by atoms with van der Waals surface area (Å²) in [7, 11) is 0. The maximum absolute atomic E-state index is 14.5. The Labute approximate surface area is 272 Å². The highest BCUT2D eigenvalue weighted by Crippen LogP contribution is 2.42. The number of rotatable bonds is 8. The number of benzene rings is 4. The topological polar surface area (TPSA) is 55.9 Å². The lowest BCUT2D eigenvalue weighted by atomic mass is 10.1. The SMILES string of the molecule is Cc1ccc(Cl)cc1N1CCN(CCNC(=O)c2ccc(/C=C3/Sc4ccccc4N(Cc4ccccc4F)C3=O)cc2)CC1. The molecule has 0 radical (unpaired) electrons. The quantitative estimate of drug-likeness (QED) is 0.210. The number of halogens is 2. The van der Waals surface area contributed by atoms with Crippen LogP contribution in [0.3, 0.4) is 0 Å². The number of thioether (sulfide) groups is 1. The second-order valence-electron chi connectivity index (χ2n) is 11.2. The van der Waals surface area contributed by atoms with Crippen LogP contribution in [0.2, 0.25) is 5.02 Å². The van der Waals surface area contributed by atoms with Crippen molar-refractivity contribution in [1.29, 1.82) is 0 Å². The molecule has 6 nitrogen and oxygen atoms in total. The Balaban J connectivity index is 1.04. The largest absolute Gasteiger partial charge is 0.369 e. The Kier molecular flexibility index (Phi) is 9.54. The Bertz CT molecular complexity index is 1740. The summed E-state index contributed by atoms with van der Waals surface area (Å²) < 4.78 is 14.5. The van der Waals surface area contributed by atoms with Crippen molar-refractivity contribution in [1.82, 2.24) is 10.2 Å². The van der Waals surface area contributed by atoms with Crippen molar-refractivity contribution >= 4 is 52.6 Å². The van der Waals surface area contributed by atoms with Gasteiger partial charge in [0.25, 0.3) is 11.8 Å².